The molecule has 0 heterocycles. The van der Waals surface area contributed by atoms with Crippen molar-refractivity contribution in [3.63, 3.8) is 0 Å². The molecule has 0 atom stereocenters. The average molecular weight is 460 g/mol. The number of hydrazone groups is 1. The van der Waals surface area contributed by atoms with E-state index in [9.17, 15) is 14.4 Å². The zero-order valence-electron chi connectivity index (χ0n) is 18.9. The van der Waals surface area contributed by atoms with E-state index in [1.54, 1.807) is 54.6 Å². The minimum absolute atomic E-state index is 0.219. The van der Waals surface area contributed by atoms with E-state index >= 15 is 0 Å². The van der Waals surface area contributed by atoms with Crippen molar-refractivity contribution < 1.29 is 23.9 Å². The Balaban J connectivity index is 1.57. The molecule has 0 radical (unpaired) electrons. The van der Waals surface area contributed by atoms with Gasteiger partial charge in [-0.1, -0.05) is 36.4 Å². The highest BCUT2D eigenvalue weighted by atomic mass is 16.6. The van der Waals surface area contributed by atoms with E-state index < -0.39 is 11.9 Å². The van der Waals surface area contributed by atoms with Crippen LogP contribution in [0.4, 0.5) is 0 Å². The Morgan fingerprint density at radius 3 is 2.41 bits per heavy atom. The molecule has 2 N–H and O–H groups in total. The summed E-state index contributed by atoms with van der Waals surface area (Å²) in [6, 6.07) is 20.7. The summed E-state index contributed by atoms with van der Waals surface area (Å²) in [6.45, 7) is 3.79. The standard InChI is InChI=1S/C26H25N3O5/c1-3-33-23-15-19(13-14-22(23)34-26(32)20-10-5-4-6-11-20)16-28-29-24(30)17-27-25(31)21-12-8-7-9-18(21)2/h4-16H,3,17H2,1-2H3,(H,27,31)(H,29,30). The highest BCUT2D eigenvalue weighted by molar-refractivity contribution is 5.97. The molecule has 0 aliphatic rings. The van der Waals surface area contributed by atoms with Crippen LogP contribution in [0.3, 0.4) is 0 Å². The fourth-order valence-electron chi connectivity index (χ4n) is 2.99. The Hall–Kier alpha value is -4.46. The summed E-state index contributed by atoms with van der Waals surface area (Å²) < 4.78 is 11.0. The number of nitrogens with zero attached hydrogens (tertiary/aromatic N) is 1. The summed E-state index contributed by atoms with van der Waals surface area (Å²) in [5, 5.41) is 6.47. The summed E-state index contributed by atoms with van der Waals surface area (Å²) in [4.78, 5) is 36.5. The lowest BCUT2D eigenvalue weighted by Crippen LogP contribution is -2.35. The molecule has 3 aromatic carbocycles. The van der Waals surface area contributed by atoms with Gasteiger partial charge in [-0.05, 0) is 61.4 Å². The molecule has 174 valence electrons. The van der Waals surface area contributed by atoms with Gasteiger partial charge in [-0.2, -0.15) is 5.10 Å². The lowest BCUT2D eigenvalue weighted by Gasteiger charge is -2.11. The van der Waals surface area contributed by atoms with Crippen molar-refractivity contribution in [1.82, 2.24) is 10.7 Å². The number of hydrogen-bond acceptors (Lipinski definition) is 6. The molecule has 0 saturated heterocycles. The van der Waals surface area contributed by atoms with Crippen molar-refractivity contribution in [1.29, 1.82) is 0 Å². The number of aryl methyl sites for hydroxylation is 1. The van der Waals surface area contributed by atoms with Crippen LogP contribution in [0.1, 0.15) is 38.8 Å². The number of benzene rings is 3. The zero-order chi connectivity index (χ0) is 24.3. The number of rotatable bonds is 9. The van der Waals surface area contributed by atoms with E-state index in [0.717, 1.165) is 5.56 Å². The summed E-state index contributed by atoms with van der Waals surface area (Å²) in [6.07, 6.45) is 1.42. The number of esters is 1. The lowest BCUT2D eigenvalue weighted by molar-refractivity contribution is -0.120. The molecule has 0 fully saturated rings. The number of ether oxygens (including phenoxy) is 2. The second-order valence-corrected chi connectivity index (χ2v) is 7.19. The molecule has 8 heteroatoms. The average Bonchev–Trinajstić information content (AvgIpc) is 2.85. The summed E-state index contributed by atoms with van der Waals surface area (Å²) in [5.74, 6) is -0.665. The van der Waals surface area contributed by atoms with E-state index in [-0.39, 0.29) is 18.2 Å². The molecular weight excluding hydrogens is 434 g/mol. The third kappa shape index (κ3) is 6.77. The van der Waals surface area contributed by atoms with Crippen LogP contribution < -0.4 is 20.2 Å². The molecule has 0 saturated carbocycles. The first-order valence-corrected chi connectivity index (χ1v) is 10.7. The number of amides is 2. The molecule has 34 heavy (non-hydrogen) atoms. The first-order valence-electron chi connectivity index (χ1n) is 10.7. The third-order valence-corrected chi connectivity index (χ3v) is 4.68. The number of nitrogens with one attached hydrogen (secondary N) is 2. The molecule has 0 bridgehead atoms. The lowest BCUT2D eigenvalue weighted by atomic mass is 10.1. The maximum absolute atomic E-state index is 12.3. The predicted molar refractivity (Wildman–Crippen MR) is 128 cm³/mol. The van der Waals surface area contributed by atoms with Crippen LogP contribution in [0, 0.1) is 6.92 Å². The van der Waals surface area contributed by atoms with Crippen LogP contribution in [-0.2, 0) is 4.79 Å². The van der Waals surface area contributed by atoms with Gasteiger partial charge < -0.3 is 14.8 Å². The number of carbonyl (C=O) groups is 3. The first kappa shape index (κ1) is 24.2. The van der Waals surface area contributed by atoms with Gasteiger partial charge >= 0.3 is 5.97 Å². The fraction of sp³-hybridized carbons (Fsp3) is 0.154. The van der Waals surface area contributed by atoms with Crippen molar-refractivity contribution in [2.75, 3.05) is 13.2 Å². The normalized spacial score (nSPS) is 10.5. The summed E-state index contributed by atoms with van der Waals surface area (Å²) in [7, 11) is 0. The Bertz CT molecular complexity index is 1190. The molecule has 3 aromatic rings. The van der Waals surface area contributed by atoms with Crippen molar-refractivity contribution >= 4 is 24.0 Å². The van der Waals surface area contributed by atoms with Crippen molar-refractivity contribution in [2.45, 2.75) is 13.8 Å². The molecule has 0 aliphatic heterocycles. The van der Waals surface area contributed by atoms with Crippen molar-refractivity contribution in [3.8, 4) is 11.5 Å². The second-order valence-electron chi connectivity index (χ2n) is 7.19. The van der Waals surface area contributed by atoms with Crippen LogP contribution in [0.2, 0.25) is 0 Å². The quantitative estimate of drug-likeness (QED) is 0.221. The highest BCUT2D eigenvalue weighted by Gasteiger charge is 2.13. The molecular formula is C26H25N3O5. The van der Waals surface area contributed by atoms with Crippen LogP contribution in [0.15, 0.2) is 77.9 Å². The van der Waals surface area contributed by atoms with E-state index in [1.807, 2.05) is 32.0 Å². The Morgan fingerprint density at radius 2 is 1.68 bits per heavy atom. The number of hydrogen-bond donors (Lipinski definition) is 2. The van der Waals surface area contributed by atoms with Gasteiger partial charge in [0.05, 0.1) is 24.9 Å². The molecule has 0 spiro atoms. The van der Waals surface area contributed by atoms with E-state index in [0.29, 0.717) is 29.0 Å². The molecule has 0 aromatic heterocycles. The molecule has 2 amide bonds. The minimum Gasteiger partial charge on any atom is -0.490 e. The smallest absolute Gasteiger partial charge is 0.343 e. The van der Waals surface area contributed by atoms with E-state index in [2.05, 4.69) is 15.8 Å². The maximum atomic E-state index is 12.3. The highest BCUT2D eigenvalue weighted by Crippen LogP contribution is 2.29. The van der Waals surface area contributed by atoms with Crippen LogP contribution >= 0.6 is 0 Å². The Morgan fingerprint density at radius 1 is 0.941 bits per heavy atom. The molecule has 3 rings (SSSR count). The summed E-state index contributed by atoms with van der Waals surface area (Å²) in [5.41, 5.74) is 4.73. The topological polar surface area (TPSA) is 106 Å². The van der Waals surface area contributed by atoms with Crippen LogP contribution in [0.25, 0.3) is 0 Å². The molecule has 0 aliphatic carbocycles. The van der Waals surface area contributed by atoms with Gasteiger partial charge in [0, 0.05) is 5.56 Å². The van der Waals surface area contributed by atoms with Crippen LogP contribution in [-0.4, -0.2) is 37.1 Å². The largest absolute Gasteiger partial charge is 0.490 e. The number of carbonyl (C=O) groups excluding carboxylic acids is 3. The SMILES string of the molecule is CCOc1cc(C=NNC(=O)CNC(=O)c2ccccc2C)ccc1OC(=O)c1ccccc1. The van der Waals surface area contributed by atoms with Gasteiger partial charge in [0.25, 0.3) is 11.8 Å². The van der Waals surface area contributed by atoms with Gasteiger partial charge in [0.1, 0.15) is 0 Å². The van der Waals surface area contributed by atoms with Gasteiger partial charge in [-0.25, -0.2) is 10.2 Å². The summed E-state index contributed by atoms with van der Waals surface area (Å²) >= 11 is 0. The zero-order valence-corrected chi connectivity index (χ0v) is 18.9. The van der Waals surface area contributed by atoms with Gasteiger partial charge in [-0.15, -0.1) is 0 Å². The molecule has 0 unspecified atom stereocenters. The first-order chi connectivity index (χ1) is 16.5. The van der Waals surface area contributed by atoms with Gasteiger partial charge in [-0.3, -0.25) is 9.59 Å². The van der Waals surface area contributed by atoms with Gasteiger partial charge in [0.15, 0.2) is 11.5 Å². The third-order valence-electron chi connectivity index (χ3n) is 4.68. The van der Waals surface area contributed by atoms with E-state index in [4.69, 9.17) is 9.47 Å². The predicted octanol–water partition coefficient (Wildman–Crippen LogP) is 3.49. The van der Waals surface area contributed by atoms with Gasteiger partial charge in [0.2, 0.25) is 0 Å². The second kappa shape index (κ2) is 12.0. The van der Waals surface area contributed by atoms with Crippen molar-refractivity contribution in [2.24, 2.45) is 5.10 Å². The monoisotopic (exact) mass is 459 g/mol. The van der Waals surface area contributed by atoms with Crippen LogP contribution in [0.5, 0.6) is 11.5 Å². The van der Waals surface area contributed by atoms with Crippen molar-refractivity contribution in [3.05, 3.63) is 95.1 Å². The fourth-order valence-corrected chi connectivity index (χ4v) is 2.99. The molecule has 8 nitrogen and oxygen atoms in total. The Kier molecular flexibility index (Phi) is 8.51. The van der Waals surface area contributed by atoms with E-state index in [1.165, 1.54) is 6.21 Å². The Labute approximate surface area is 197 Å². The minimum atomic E-state index is -0.497. The maximum Gasteiger partial charge on any atom is 0.343 e.